The molecule has 0 amide bonds. The molecule has 4 atom stereocenters. The van der Waals surface area contributed by atoms with Crippen LogP contribution in [0.15, 0.2) is 11.1 Å². The number of H-pyrrole nitrogens is 1. The van der Waals surface area contributed by atoms with Crippen molar-refractivity contribution in [3.05, 3.63) is 16.7 Å². The molecule has 3 heterocycles. The van der Waals surface area contributed by atoms with Crippen LogP contribution < -0.4 is 10.9 Å². The van der Waals surface area contributed by atoms with Crippen LogP contribution in [0.25, 0.3) is 11.2 Å². The highest BCUT2D eigenvalue weighted by Crippen LogP contribution is 2.51. The molecule has 11 heteroatoms. The van der Waals surface area contributed by atoms with Crippen molar-refractivity contribution >= 4 is 17.1 Å². The van der Waals surface area contributed by atoms with Crippen molar-refractivity contribution in [1.82, 2.24) is 19.5 Å². The molecule has 0 bridgehead atoms. The van der Waals surface area contributed by atoms with Crippen LogP contribution >= 0.6 is 0 Å². The molecule has 5 N–H and O–H groups in total. The smallest absolute Gasteiger partial charge is 0.280 e. The molecule has 0 aliphatic carbocycles. The molecule has 3 rings (SSSR count). The lowest BCUT2D eigenvalue weighted by atomic mass is 9.83. The van der Waals surface area contributed by atoms with Gasteiger partial charge in [-0.25, -0.2) is 9.37 Å². The molecule has 1 unspecified atom stereocenters. The van der Waals surface area contributed by atoms with Crippen molar-refractivity contribution in [1.29, 1.82) is 1.43 Å². The molecule has 2 aromatic heterocycles. The average Bonchev–Trinajstić information content (AvgIpc) is 3.16. The molecule has 0 radical (unpaired) electrons. The molecule has 1 aliphatic heterocycles. The Bertz CT molecular complexity index is 893. The first-order valence-electron chi connectivity index (χ1n) is 9.18. The Hall–Kier alpha value is -2.08. The van der Waals surface area contributed by atoms with Gasteiger partial charge in [-0.2, -0.15) is 4.98 Å². The van der Waals surface area contributed by atoms with Gasteiger partial charge in [-0.15, -0.1) is 0 Å². The second kappa shape index (κ2) is 6.58. The van der Waals surface area contributed by atoms with Crippen LogP contribution in [0.1, 0.15) is 27.8 Å². The lowest BCUT2D eigenvalue weighted by Gasteiger charge is -2.30. The number of aromatic amines is 1. The Kier molecular flexibility index (Phi) is 4.08. The Labute approximate surface area is 150 Å². The third kappa shape index (κ3) is 2.76. The number of aliphatic hydroxyl groups is 3. The lowest BCUT2D eigenvalue weighted by molar-refractivity contribution is -0.195. The monoisotopic (exact) mass is 375 g/mol. The average molecular weight is 375 g/mol. The normalized spacial score (nSPS) is 32.6. The van der Waals surface area contributed by atoms with E-state index in [1.165, 1.54) is 17.8 Å². The van der Waals surface area contributed by atoms with Crippen LogP contribution in [-0.2, 0) is 4.74 Å². The van der Waals surface area contributed by atoms with Crippen molar-refractivity contribution in [2.45, 2.75) is 37.9 Å². The summed E-state index contributed by atoms with van der Waals surface area (Å²) in [7, 11) is 0. The van der Waals surface area contributed by atoms with Crippen LogP contribution in [0.4, 0.5) is 10.3 Å². The summed E-state index contributed by atoms with van der Waals surface area (Å²) < 4.78 is 35.7. The van der Waals surface area contributed by atoms with Crippen LogP contribution in [0.2, 0.25) is 0 Å². The Morgan fingerprint density at radius 2 is 2.46 bits per heavy atom. The first kappa shape index (κ1) is 16.1. The molecule has 26 heavy (non-hydrogen) atoms. The first-order valence-corrected chi connectivity index (χ1v) is 8.06. The van der Waals surface area contributed by atoms with Crippen LogP contribution in [0, 0.1) is 5.92 Å². The van der Waals surface area contributed by atoms with E-state index in [4.69, 9.17) is 7.54 Å². The van der Waals surface area contributed by atoms with E-state index in [0.717, 1.165) is 0 Å². The number of hydrogen-bond donors (Lipinski definition) is 5. The molecule has 10 nitrogen and oxygen atoms in total. The lowest BCUT2D eigenvalue weighted by Crippen LogP contribution is -2.44. The summed E-state index contributed by atoms with van der Waals surface area (Å²) in [4.78, 5) is 22.9. The van der Waals surface area contributed by atoms with Crippen molar-refractivity contribution in [2.24, 2.45) is 5.92 Å². The zero-order valence-electron chi connectivity index (χ0n) is 16.1. The predicted molar refractivity (Wildman–Crippen MR) is 89.2 cm³/mol. The van der Waals surface area contributed by atoms with Gasteiger partial charge >= 0.3 is 0 Å². The summed E-state index contributed by atoms with van der Waals surface area (Å²) in [5.74, 6) is -3.70. The molecule has 1 saturated heterocycles. The highest BCUT2D eigenvalue weighted by Gasteiger charge is 2.62. The van der Waals surface area contributed by atoms with E-state index in [-0.39, 0.29) is 43.6 Å². The first-order chi connectivity index (χ1) is 13.3. The molecule has 0 spiro atoms. The largest absolute Gasteiger partial charge is 0.396 e. The number of nitrogens with zero attached hydrogens (tertiary/aromatic N) is 3. The number of fused-ring (bicyclic) bond motifs is 1. The fourth-order valence-electron chi connectivity index (χ4n) is 3.41. The Morgan fingerprint density at radius 3 is 3.15 bits per heavy atom. The summed E-state index contributed by atoms with van der Waals surface area (Å²) in [6.07, 6.45) is -0.230. The van der Waals surface area contributed by atoms with Crippen molar-refractivity contribution in [3.63, 3.8) is 0 Å². The molecule has 1 aliphatic rings. The number of anilines is 1. The number of hydrogen-bond acceptors (Lipinski definition) is 8. The van der Waals surface area contributed by atoms with Gasteiger partial charge in [0.2, 0.25) is 13.2 Å². The maximum atomic E-state index is 15.2. The van der Waals surface area contributed by atoms with Crippen molar-refractivity contribution in [2.75, 3.05) is 25.1 Å². The number of rotatable bonds is 7. The number of aliphatic hydroxyl groups excluding tert-OH is 2. The highest BCUT2D eigenvalue weighted by molar-refractivity contribution is 5.71. The molecular weight excluding hydrogens is 349 g/mol. The third-order valence-corrected chi connectivity index (χ3v) is 4.63. The summed E-state index contributed by atoms with van der Waals surface area (Å²) in [6.45, 7) is 0.447. The fraction of sp³-hybridized carbons (Fsp3) is 0.667. The maximum absolute atomic E-state index is 15.2. The van der Waals surface area contributed by atoms with Crippen LogP contribution in [0.3, 0.4) is 0 Å². The Balaban J connectivity index is 2.06. The van der Waals surface area contributed by atoms with E-state index in [2.05, 4.69) is 25.4 Å². The topological polar surface area (TPSA) is 146 Å². The van der Waals surface area contributed by atoms with E-state index in [1.54, 1.807) is 0 Å². The van der Waals surface area contributed by atoms with Gasteiger partial charge in [0, 0.05) is 14.5 Å². The minimum absolute atomic E-state index is 0.0396. The van der Waals surface area contributed by atoms with Gasteiger partial charge in [0.1, 0.15) is 12.2 Å². The van der Waals surface area contributed by atoms with Crippen molar-refractivity contribution in [3.8, 4) is 0 Å². The molecule has 144 valence electrons. The number of nitrogens with one attached hydrogen (secondary N) is 2. The molecule has 1 fully saturated rings. The molecule has 0 saturated carbocycles. The number of imidazole rings is 1. The predicted octanol–water partition coefficient (Wildman–Crippen LogP) is -0.512. The summed E-state index contributed by atoms with van der Waals surface area (Å²) in [5, 5.41) is 27.5. The maximum Gasteiger partial charge on any atom is 0.280 e. The number of alkyl halides is 1. The van der Waals surface area contributed by atoms with E-state index >= 15 is 4.39 Å². The van der Waals surface area contributed by atoms with Gasteiger partial charge in [-0.05, 0) is 20.2 Å². The van der Waals surface area contributed by atoms with E-state index in [1.807, 2.05) is 0 Å². The summed E-state index contributed by atoms with van der Waals surface area (Å²) >= 11 is 0. The quantitative estimate of drug-likeness (QED) is 0.435. The SMILES string of the molecule is [3H]CCNc1nc2c(ncn2[C@@H]2O[C@](F)(CO)C(CCO[3H])[C@@]2(C)O)c(=O)[nH]1. The third-order valence-electron chi connectivity index (χ3n) is 4.63. The molecule has 2 aromatic rings. The van der Waals surface area contributed by atoms with E-state index < -0.39 is 35.8 Å². The second-order valence-corrected chi connectivity index (χ2v) is 6.35. The fourth-order valence-corrected chi connectivity index (χ4v) is 3.41. The number of ether oxygens (including phenoxy) is 1. The molecular formula is C15H22FN5O5. The van der Waals surface area contributed by atoms with E-state index in [9.17, 15) is 15.0 Å². The molecule has 0 aromatic carbocycles. The van der Waals surface area contributed by atoms with Gasteiger partial charge in [0.05, 0.1) is 12.2 Å². The number of aromatic nitrogens is 4. The van der Waals surface area contributed by atoms with Gasteiger partial charge in [0.25, 0.3) is 5.56 Å². The standard InChI is InChI=1S/C15H22FN5O5/c1-3-17-13-19-10-9(11(24)20-13)18-7-21(10)12-14(2,25)8(4-5-22)15(16,6-23)26-12/h7-8,12,22-23,25H,3-6H2,1-2H3,(H2,17,19,20,24)/t8?,12-,14-,15-/m1/s1/i1T,22T. The Morgan fingerprint density at radius 1 is 1.65 bits per heavy atom. The van der Waals surface area contributed by atoms with Gasteiger partial charge in [-0.3, -0.25) is 14.3 Å². The summed E-state index contributed by atoms with van der Waals surface area (Å²) in [5.41, 5.74) is -2.38. The van der Waals surface area contributed by atoms with Crippen LogP contribution in [0.5, 0.6) is 0 Å². The zero-order chi connectivity index (χ0) is 20.5. The summed E-state index contributed by atoms with van der Waals surface area (Å²) in [6, 6.07) is 0. The number of halogens is 1. The van der Waals surface area contributed by atoms with Gasteiger partial charge in [0.15, 0.2) is 17.4 Å². The second-order valence-electron chi connectivity index (χ2n) is 6.35. The minimum Gasteiger partial charge on any atom is -0.396 e. The zero-order valence-corrected chi connectivity index (χ0v) is 14.1. The highest BCUT2D eigenvalue weighted by atomic mass is 19.2. The van der Waals surface area contributed by atoms with E-state index in [0.29, 0.717) is 0 Å². The van der Waals surface area contributed by atoms with Crippen LogP contribution in [-0.4, -0.2) is 67.5 Å². The van der Waals surface area contributed by atoms with Crippen molar-refractivity contribution < 1.29 is 25.8 Å². The van der Waals surface area contributed by atoms with Gasteiger partial charge in [-0.1, -0.05) is 0 Å². The van der Waals surface area contributed by atoms with Gasteiger partial charge < -0.3 is 25.4 Å². The minimum atomic E-state index is -2.59.